The standard InChI is InChI=1S/C19H21F3N2O/c1-4-12-6-5-7-13-8-9-14(10-15(12)13)17(19(20,21)22)24-18(2,3)11-16(25)23-24/h5-10,17H,4,11H2,1-3H3,(H,23,25)/t17-/m0/s1. The number of benzene rings is 2. The lowest BCUT2D eigenvalue weighted by atomic mass is 9.94. The maximum atomic E-state index is 13.9. The van der Waals surface area contributed by atoms with Gasteiger partial charge in [-0.1, -0.05) is 37.3 Å². The molecule has 0 spiro atoms. The number of rotatable bonds is 3. The number of amides is 1. The van der Waals surface area contributed by atoms with Crippen LogP contribution in [0.25, 0.3) is 10.8 Å². The predicted octanol–water partition coefficient (Wildman–Crippen LogP) is 4.52. The topological polar surface area (TPSA) is 32.3 Å². The van der Waals surface area contributed by atoms with Gasteiger partial charge in [-0.2, -0.15) is 18.2 Å². The SMILES string of the molecule is CCc1cccc2ccc([C@H](N3NC(=O)CC3(C)C)C(F)(F)F)cc12. The summed E-state index contributed by atoms with van der Waals surface area (Å²) in [7, 11) is 0. The highest BCUT2D eigenvalue weighted by Crippen LogP contribution is 2.43. The fraction of sp³-hybridized carbons (Fsp3) is 0.421. The molecule has 134 valence electrons. The molecule has 0 saturated carbocycles. The summed E-state index contributed by atoms with van der Waals surface area (Å²) in [6.07, 6.45) is -3.74. The summed E-state index contributed by atoms with van der Waals surface area (Å²) in [6, 6.07) is 8.66. The Hall–Kier alpha value is -2.08. The molecule has 2 aromatic rings. The number of hydrogen-bond donors (Lipinski definition) is 1. The van der Waals surface area contributed by atoms with E-state index in [9.17, 15) is 18.0 Å². The Morgan fingerprint density at radius 1 is 1.24 bits per heavy atom. The fourth-order valence-corrected chi connectivity index (χ4v) is 3.54. The fourth-order valence-electron chi connectivity index (χ4n) is 3.54. The highest BCUT2D eigenvalue weighted by atomic mass is 19.4. The molecule has 1 amide bonds. The van der Waals surface area contributed by atoms with Crippen LogP contribution in [0.2, 0.25) is 0 Å². The zero-order valence-electron chi connectivity index (χ0n) is 14.4. The van der Waals surface area contributed by atoms with Crippen molar-refractivity contribution in [2.24, 2.45) is 0 Å². The molecule has 2 aromatic carbocycles. The minimum Gasteiger partial charge on any atom is -0.287 e. The number of carbonyl (C=O) groups is 1. The summed E-state index contributed by atoms with van der Waals surface area (Å²) >= 11 is 0. The second-order valence-electron chi connectivity index (χ2n) is 7.09. The molecule has 6 heteroatoms. The van der Waals surface area contributed by atoms with Gasteiger partial charge in [-0.05, 0) is 48.2 Å². The Labute approximate surface area is 144 Å². The average molecular weight is 350 g/mol. The minimum absolute atomic E-state index is 0.0351. The van der Waals surface area contributed by atoms with Gasteiger partial charge in [0.1, 0.15) is 0 Å². The lowest BCUT2D eigenvalue weighted by Crippen LogP contribution is -2.51. The molecule has 0 aromatic heterocycles. The molecule has 1 atom stereocenters. The lowest BCUT2D eigenvalue weighted by Gasteiger charge is -2.38. The maximum absolute atomic E-state index is 13.9. The molecule has 25 heavy (non-hydrogen) atoms. The molecule has 1 aliphatic heterocycles. The van der Waals surface area contributed by atoms with Crippen molar-refractivity contribution in [1.82, 2.24) is 10.4 Å². The summed E-state index contributed by atoms with van der Waals surface area (Å²) in [6.45, 7) is 5.26. The smallest absolute Gasteiger partial charge is 0.287 e. The van der Waals surface area contributed by atoms with Crippen molar-refractivity contribution in [3.05, 3.63) is 47.5 Å². The summed E-state index contributed by atoms with van der Waals surface area (Å²) in [4.78, 5) is 11.7. The number of nitrogens with one attached hydrogen (secondary N) is 1. The molecule has 1 N–H and O–H groups in total. The normalized spacial score (nSPS) is 19.2. The molecule has 3 nitrogen and oxygen atoms in total. The number of halogens is 3. The van der Waals surface area contributed by atoms with E-state index in [-0.39, 0.29) is 12.0 Å². The molecule has 1 saturated heterocycles. The largest absolute Gasteiger partial charge is 0.409 e. The molecule has 3 rings (SSSR count). The van der Waals surface area contributed by atoms with Crippen molar-refractivity contribution in [2.45, 2.75) is 51.4 Å². The molecule has 1 fully saturated rings. The van der Waals surface area contributed by atoms with E-state index in [0.29, 0.717) is 0 Å². The number of carbonyl (C=O) groups excluding carboxylic acids is 1. The van der Waals surface area contributed by atoms with Crippen LogP contribution in [0.15, 0.2) is 36.4 Å². The molecular formula is C19H21F3N2O. The second kappa shape index (κ2) is 6.02. The highest BCUT2D eigenvalue weighted by molar-refractivity contribution is 5.86. The van der Waals surface area contributed by atoms with Gasteiger partial charge in [-0.15, -0.1) is 0 Å². The first-order valence-corrected chi connectivity index (χ1v) is 8.30. The summed E-state index contributed by atoms with van der Waals surface area (Å²) in [5.41, 5.74) is 2.62. The molecule has 0 aliphatic carbocycles. The van der Waals surface area contributed by atoms with Crippen LogP contribution < -0.4 is 5.43 Å². The van der Waals surface area contributed by atoms with E-state index in [1.54, 1.807) is 26.0 Å². The summed E-state index contributed by atoms with van der Waals surface area (Å²) in [5.74, 6) is -0.394. The van der Waals surface area contributed by atoms with E-state index in [0.717, 1.165) is 27.8 Å². The minimum atomic E-state index is -4.51. The average Bonchev–Trinajstić information content (AvgIpc) is 2.77. The number of alkyl halides is 3. The number of nitrogens with zero attached hydrogens (tertiary/aromatic N) is 1. The third-order valence-electron chi connectivity index (χ3n) is 4.75. The number of fused-ring (bicyclic) bond motifs is 1. The van der Waals surface area contributed by atoms with Crippen LogP contribution in [0.5, 0.6) is 0 Å². The van der Waals surface area contributed by atoms with Gasteiger partial charge in [0.15, 0.2) is 6.04 Å². The predicted molar refractivity (Wildman–Crippen MR) is 90.8 cm³/mol. The molecular weight excluding hydrogens is 329 g/mol. The number of aryl methyl sites for hydroxylation is 1. The van der Waals surface area contributed by atoms with Gasteiger partial charge in [-0.3, -0.25) is 10.2 Å². The van der Waals surface area contributed by atoms with Crippen molar-refractivity contribution < 1.29 is 18.0 Å². The van der Waals surface area contributed by atoms with E-state index < -0.39 is 23.7 Å². The molecule has 0 unspecified atom stereocenters. The third-order valence-corrected chi connectivity index (χ3v) is 4.75. The van der Waals surface area contributed by atoms with Crippen LogP contribution in [0, 0.1) is 0 Å². The molecule has 0 radical (unpaired) electrons. The number of hydrogen-bond acceptors (Lipinski definition) is 2. The van der Waals surface area contributed by atoms with E-state index in [1.807, 2.05) is 25.1 Å². The Balaban J connectivity index is 2.15. The van der Waals surface area contributed by atoms with Gasteiger partial charge < -0.3 is 0 Å². The van der Waals surface area contributed by atoms with Gasteiger partial charge in [0, 0.05) is 12.0 Å². The van der Waals surface area contributed by atoms with Gasteiger partial charge >= 0.3 is 6.18 Å². The zero-order chi connectivity index (χ0) is 18.4. The second-order valence-corrected chi connectivity index (χ2v) is 7.09. The van der Waals surface area contributed by atoms with Crippen LogP contribution in [0.4, 0.5) is 13.2 Å². The van der Waals surface area contributed by atoms with Crippen molar-refractivity contribution in [3.8, 4) is 0 Å². The van der Waals surface area contributed by atoms with E-state index in [4.69, 9.17) is 0 Å². The van der Waals surface area contributed by atoms with E-state index >= 15 is 0 Å². The third kappa shape index (κ3) is 3.23. The zero-order valence-corrected chi connectivity index (χ0v) is 14.4. The van der Waals surface area contributed by atoms with Gasteiger partial charge in [0.2, 0.25) is 5.91 Å². The monoisotopic (exact) mass is 350 g/mol. The van der Waals surface area contributed by atoms with Crippen LogP contribution in [0.1, 0.15) is 44.4 Å². The lowest BCUT2D eigenvalue weighted by molar-refractivity contribution is -0.203. The Bertz CT molecular complexity index is 814. The maximum Gasteiger partial charge on any atom is 0.409 e. The Kier molecular flexibility index (Phi) is 4.27. The first-order chi connectivity index (χ1) is 11.6. The van der Waals surface area contributed by atoms with Crippen LogP contribution in [-0.2, 0) is 11.2 Å². The molecule has 1 heterocycles. The van der Waals surface area contributed by atoms with E-state index in [1.165, 1.54) is 6.07 Å². The quantitative estimate of drug-likeness (QED) is 0.883. The first kappa shape index (κ1) is 17.7. The Morgan fingerprint density at radius 3 is 2.52 bits per heavy atom. The van der Waals surface area contributed by atoms with Crippen LogP contribution in [0.3, 0.4) is 0 Å². The molecule has 0 bridgehead atoms. The van der Waals surface area contributed by atoms with Crippen molar-refractivity contribution >= 4 is 16.7 Å². The number of hydrazine groups is 1. The van der Waals surface area contributed by atoms with Gasteiger partial charge in [0.25, 0.3) is 0 Å². The van der Waals surface area contributed by atoms with Crippen LogP contribution >= 0.6 is 0 Å². The van der Waals surface area contributed by atoms with E-state index in [2.05, 4.69) is 5.43 Å². The van der Waals surface area contributed by atoms with Gasteiger partial charge in [-0.25, -0.2) is 0 Å². The van der Waals surface area contributed by atoms with Crippen molar-refractivity contribution in [3.63, 3.8) is 0 Å². The highest BCUT2D eigenvalue weighted by Gasteiger charge is 2.52. The Morgan fingerprint density at radius 2 is 1.96 bits per heavy atom. The first-order valence-electron chi connectivity index (χ1n) is 8.30. The molecule has 1 aliphatic rings. The van der Waals surface area contributed by atoms with Crippen LogP contribution in [-0.4, -0.2) is 22.6 Å². The summed E-state index contributed by atoms with van der Waals surface area (Å²) in [5, 5.41) is 2.78. The summed E-state index contributed by atoms with van der Waals surface area (Å²) < 4.78 is 41.8. The van der Waals surface area contributed by atoms with Crippen molar-refractivity contribution in [1.29, 1.82) is 0 Å². The van der Waals surface area contributed by atoms with Crippen molar-refractivity contribution in [2.75, 3.05) is 0 Å². The van der Waals surface area contributed by atoms with Gasteiger partial charge in [0.05, 0.1) is 0 Å².